The molecule has 1 aromatic rings. The average Bonchev–Trinajstić information content (AvgIpc) is 2.18. The van der Waals surface area contributed by atoms with Crippen molar-refractivity contribution >= 4 is 0 Å². The highest BCUT2D eigenvalue weighted by Crippen LogP contribution is 2.09. The Balaban J connectivity index is 2.55. The first-order valence-corrected chi connectivity index (χ1v) is 5.46. The number of benzene rings is 1. The molecule has 0 bridgehead atoms. The molecule has 0 heterocycles. The summed E-state index contributed by atoms with van der Waals surface area (Å²) in [6, 6.07) is 8.57. The minimum Gasteiger partial charge on any atom is -0.298 e. The summed E-state index contributed by atoms with van der Waals surface area (Å²) >= 11 is 0. The van der Waals surface area contributed by atoms with E-state index in [2.05, 4.69) is 63.1 Å². The van der Waals surface area contributed by atoms with E-state index in [0.29, 0.717) is 0 Å². The highest BCUT2D eigenvalue weighted by molar-refractivity contribution is 5.25. The fraction of sp³-hybridized carbons (Fsp3) is 0.429. The molecule has 0 unspecified atom stereocenters. The van der Waals surface area contributed by atoms with Crippen LogP contribution in [0.25, 0.3) is 0 Å². The number of nitrogens with zero attached hydrogens (tertiary/aromatic N) is 1. The molecule has 1 nitrogen and oxygen atoms in total. The van der Waals surface area contributed by atoms with Crippen LogP contribution in [-0.4, -0.2) is 18.5 Å². The van der Waals surface area contributed by atoms with E-state index in [9.17, 15) is 0 Å². The summed E-state index contributed by atoms with van der Waals surface area (Å²) in [6.45, 7) is 8.50. The van der Waals surface area contributed by atoms with Gasteiger partial charge in [-0.2, -0.15) is 0 Å². The predicted molar refractivity (Wildman–Crippen MR) is 66.9 cm³/mol. The van der Waals surface area contributed by atoms with Gasteiger partial charge in [-0.05, 0) is 38.9 Å². The molecule has 1 heteroatoms. The Morgan fingerprint density at radius 2 is 1.93 bits per heavy atom. The summed E-state index contributed by atoms with van der Waals surface area (Å²) in [7, 11) is 2.16. The molecule has 0 aliphatic carbocycles. The molecule has 0 amide bonds. The zero-order valence-electron chi connectivity index (χ0n) is 10.2. The smallest absolute Gasteiger partial charge is 0.0236 e. The number of aryl methyl sites for hydroxylation is 1. The molecule has 0 atom stereocenters. The monoisotopic (exact) mass is 203 g/mol. The van der Waals surface area contributed by atoms with Gasteiger partial charge in [0.25, 0.3) is 0 Å². The first-order chi connectivity index (χ1) is 7.09. The number of hydrogen-bond donors (Lipinski definition) is 0. The first kappa shape index (κ1) is 12.0. The lowest BCUT2D eigenvalue weighted by Gasteiger charge is -2.16. The Kier molecular flexibility index (Phi) is 4.57. The van der Waals surface area contributed by atoms with Crippen LogP contribution in [0.3, 0.4) is 0 Å². The van der Waals surface area contributed by atoms with Crippen molar-refractivity contribution in [3.63, 3.8) is 0 Å². The van der Waals surface area contributed by atoms with Crippen LogP contribution >= 0.6 is 0 Å². The predicted octanol–water partition coefficient (Wildman–Crippen LogP) is 3.39. The summed E-state index contributed by atoms with van der Waals surface area (Å²) in [6.07, 6.45) is 2.26. The van der Waals surface area contributed by atoms with Gasteiger partial charge in [0.2, 0.25) is 0 Å². The molecule has 0 saturated carbocycles. The second-order valence-corrected chi connectivity index (χ2v) is 4.40. The molecule has 0 radical (unpaired) electrons. The molecule has 0 aromatic heterocycles. The Morgan fingerprint density at radius 3 is 2.53 bits per heavy atom. The lowest BCUT2D eigenvalue weighted by molar-refractivity contribution is 0.362. The van der Waals surface area contributed by atoms with Crippen molar-refractivity contribution in [2.24, 2.45) is 0 Å². The van der Waals surface area contributed by atoms with E-state index in [4.69, 9.17) is 0 Å². The molecule has 1 rings (SSSR count). The Bertz CT molecular complexity index is 335. The lowest BCUT2D eigenvalue weighted by Crippen LogP contribution is -2.18. The number of hydrogen-bond acceptors (Lipinski definition) is 1. The third-order valence-corrected chi connectivity index (χ3v) is 2.51. The van der Waals surface area contributed by atoms with Gasteiger partial charge >= 0.3 is 0 Å². The molecule has 1 aromatic carbocycles. The fourth-order valence-corrected chi connectivity index (χ4v) is 1.48. The van der Waals surface area contributed by atoms with Gasteiger partial charge in [0.1, 0.15) is 0 Å². The van der Waals surface area contributed by atoms with Crippen molar-refractivity contribution in [3.8, 4) is 0 Å². The third kappa shape index (κ3) is 4.30. The van der Waals surface area contributed by atoms with Gasteiger partial charge < -0.3 is 0 Å². The van der Waals surface area contributed by atoms with Gasteiger partial charge in [-0.25, -0.2) is 0 Å². The number of likely N-dealkylation sites (N-methyl/N-ethyl adjacent to an activating group) is 1. The normalized spacial score (nSPS) is 10.5. The topological polar surface area (TPSA) is 3.24 Å². The quantitative estimate of drug-likeness (QED) is 0.678. The van der Waals surface area contributed by atoms with E-state index < -0.39 is 0 Å². The van der Waals surface area contributed by atoms with Crippen LogP contribution in [0.5, 0.6) is 0 Å². The molecule has 82 valence electrons. The highest BCUT2D eigenvalue weighted by Gasteiger charge is 2.00. The molecule has 0 aliphatic rings. The van der Waals surface area contributed by atoms with Crippen LogP contribution in [0.4, 0.5) is 0 Å². The molecule has 15 heavy (non-hydrogen) atoms. The number of allylic oxidation sites excluding steroid dienone is 1. The number of rotatable bonds is 4. The summed E-state index contributed by atoms with van der Waals surface area (Å²) in [4.78, 5) is 2.33. The SMILES string of the molecule is CC(C)=CCN(C)Cc1ccccc1C. The van der Waals surface area contributed by atoms with Crippen LogP contribution < -0.4 is 0 Å². The summed E-state index contributed by atoms with van der Waals surface area (Å²) in [5, 5.41) is 0. The Morgan fingerprint density at radius 1 is 1.27 bits per heavy atom. The van der Waals surface area contributed by atoms with E-state index in [-0.39, 0.29) is 0 Å². The van der Waals surface area contributed by atoms with Gasteiger partial charge in [-0.1, -0.05) is 35.9 Å². The van der Waals surface area contributed by atoms with Crippen molar-refractivity contribution in [1.82, 2.24) is 4.90 Å². The van der Waals surface area contributed by atoms with E-state index in [1.54, 1.807) is 0 Å². The van der Waals surface area contributed by atoms with Crippen LogP contribution in [0, 0.1) is 6.92 Å². The van der Waals surface area contributed by atoms with Gasteiger partial charge in [0.15, 0.2) is 0 Å². The van der Waals surface area contributed by atoms with Crippen molar-refractivity contribution in [3.05, 3.63) is 47.0 Å². The molecular weight excluding hydrogens is 182 g/mol. The second kappa shape index (κ2) is 5.72. The highest BCUT2D eigenvalue weighted by atomic mass is 15.1. The minimum absolute atomic E-state index is 1.02. The first-order valence-electron chi connectivity index (χ1n) is 5.46. The van der Waals surface area contributed by atoms with Gasteiger partial charge in [0.05, 0.1) is 0 Å². The average molecular weight is 203 g/mol. The van der Waals surface area contributed by atoms with Gasteiger partial charge in [-0.15, -0.1) is 0 Å². The van der Waals surface area contributed by atoms with Crippen LogP contribution in [0.2, 0.25) is 0 Å². The molecule has 0 N–H and O–H groups in total. The van der Waals surface area contributed by atoms with E-state index >= 15 is 0 Å². The maximum absolute atomic E-state index is 2.33. The largest absolute Gasteiger partial charge is 0.298 e. The van der Waals surface area contributed by atoms with Gasteiger partial charge in [0, 0.05) is 13.1 Å². The van der Waals surface area contributed by atoms with Gasteiger partial charge in [-0.3, -0.25) is 4.90 Å². The summed E-state index contributed by atoms with van der Waals surface area (Å²) in [5.41, 5.74) is 4.18. The lowest BCUT2D eigenvalue weighted by atomic mass is 10.1. The zero-order chi connectivity index (χ0) is 11.3. The van der Waals surface area contributed by atoms with Crippen LogP contribution in [0.15, 0.2) is 35.9 Å². The van der Waals surface area contributed by atoms with Crippen LogP contribution in [0.1, 0.15) is 25.0 Å². The zero-order valence-corrected chi connectivity index (χ0v) is 10.2. The Labute approximate surface area is 93.4 Å². The molecule has 0 fully saturated rings. The summed E-state index contributed by atoms with van der Waals surface area (Å²) < 4.78 is 0. The van der Waals surface area contributed by atoms with Crippen molar-refractivity contribution in [2.45, 2.75) is 27.3 Å². The third-order valence-electron chi connectivity index (χ3n) is 2.51. The maximum Gasteiger partial charge on any atom is 0.0236 e. The maximum atomic E-state index is 2.33. The van der Waals surface area contributed by atoms with Crippen molar-refractivity contribution < 1.29 is 0 Å². The molecule has 0 aliphatic heterocycles. The Hall–Kier alpha value is -1.08. The van der Waals surface area contributed by atoms with E-state index in [1.807, 2.05) is 0 Å². The fourth-order valence-electron chi connectivity index (χ4n) is 1.48. The van der Waals surface area contributed by atoms with Crippen molar-refractivity contribution in [1.29, 1.82) is 0 Å². The second-order valence-electron chi connectivity index (χ2n) is 4.40. The molecular formula is C14H21N. The summed E-state index contributed by atoms with van der Waals surface area (Å²) in [5.74, 6) is 0. The standard InChI is InChI=1S/C14H21N/c1-12(2)9-10-15(4)11-14-8-6-5-7-13(14)3/h5-9H,10-11H2,1-4H3. The molecule has 0 spiro atoms. The van der Waals surface area contributed by atoms with Crippen LogP contribution in [-0.2, 0) is 6.54 Å². The molecule has 0 saturated heterocycles. The van der Waals surface area contributed by atoms with Crippen molar-refractivity contribution in [2.75, 3.05) is 13.6 Å². The van der Waals surface area contributed by atoms with E-state index in [1.165, 1.54) is 16.7 Å². The van der Waals surface area contributed by atoms with E-state index in [0.717, 1.165) is 13.1 Å². The minimum atomic E-state index is 1.02.